The predicted octanol–water partition coefficient (Wildman–Crippen LogP) is 10.6. The first-order valence-corrected chi connectivity index (χ1v) is 16.2. The van der Waals surface area contributed by atoms with Gasteiger partial charge in [-0.25, -0.2) is 0 Å². The molecule has 0 saturated carbocycles. The van der Waals surface area contributed by atoms with E-state index in [1.54, 1.807) is 0 Å². The fourth-order valence-electron chi connectivity index (χ4n) is 8.29. The highest BCUT2D eigenvalue weighted by molar-refractivity contribution is 6.31. The van der Waals surface area contributed by atoms with Gasteiger partial charge in [0.15, 0.2) is 0 Å². The summed E-state index contributed by atoms with van der Waals surface area (Å²) in [7, 11) is 0. The zero-order valence-corrected chi connectivity index (χ0v) is 26.1. The van der Waals surface area contributed by atoms with Crippen molar-refractivity contribution in [3.8, 4) is 33.8 Å². The van der Waals surface area contributed by atoms with Crippen molar-refractivity contribution in [2.24, 2.45) is 0 Å². The van der Waals surface area contributed by atoms with Gasteiger partial charge in [-0.15, -0.1) is 0 Å². The number of aromatic nitrogens is 4. The Balaban J connectivity index is 1.50. The quantitative estimate of drug-likeness (QED) is 0.202. The van der Waals surface area contributed by atoms with Crippen molar-refractivity contribution in [2.45, 2.75) is 19.3 Å². The molecule has 4 nitrogen and oxygen atoms in total. The van der Waals surface area contributed by atoms with Gasteiger partial charge in [0.1, 0.15) is 0 Å². The summed E-state index contributed by atoms with van der Waals surface area (Å²) in [5.41, 5.74) is 14.1. The van der Waals surface area contributed by atoms with Crippen LogP contribution in [-0.4, -0.2) is 19.1 Å². The first kappa shape index (κ1) is 26.2. The number of benzene rings is 5. The van der Waals surface area contributed by atoms with E-state index in [-0.39, 0.29) is 5.41 Å². The summed E-state index contributed by atoms with van der Waals surface area (Å²) in [5.74, 6) is 0. The molecular formula is C43H30N4. The first-order valence-electron chi connectivity index (χ1n) is 16.2. The minimum atomic E-state index is -0.223. The molecule has 5 aromatic carbocycles. The molecule has 222 valence electrons. The molecule has 0 fully saturated rings. The van der Waals surface area contributed by atoms with E-state index in [2.05, 4.69) is 137 Å². The Morgan fingerprint density at radius 3 is 2.00 bits per heavy atom. The van der Waals surface area contributed by atoms with Crippen LogP contribution in [0.15, 0.2) is 146 Å². The molecule has 0 unspecified atom stereocenters. The SMILES string of the molecule is CC1(C)c2ccccc2-c2c1c1c3ccccc3n(-c3cncc(-c4ccccn4)c3)c1c1c3ccccc3n(-c3ccccc3)c21. The lowest BCUT2D eigenvalue weighted by molar-refractivity contribution is 0.667. The van der Waals surface area contributed by atoms with Gasteiger partial charge in [0.05, 0.1) is 39.6 Å². The molecule has 0 spiro atoms. The third-order valence-electron chi connectivity index (χ3n) is 10.2. The van der Waals surface area contributed by atoms with Gasteiger partial charge < -0.3 is 9.13 Å². The fraction of sp³-hybridized carbons (Fsp3) is 0.0698. The van der Waals surface area contributed by atoms with E-state index in [1.165, 1.54) is 65.9 Å². The number of hydrogen-bond acceptors (Lipinski definition) is 2. The van der Waals surface area contributed by atoms with Crippen LogP contribution < -0.4 is 0 Å². The predicted molar refractivity (Wildman–Crippen MR) is 194 cm³/mol. The van der Waals surface area contributed by atoms with Crippen molar-refractivity contribution in [3.63, 3.8) is 0 Å². The summed E-state index contributed by atoms with van der Waals surface area (Å²) in [6, 6.07) is 45.9. The Bertz CT molecular complexity index is 2700. The van der Waals surface area contributed by atoms with Crippen LogP contribution in [0.2, 0.25) is 0 Å². The van der Waals surface area contributed by atoms with E-state index in [0.29, 0.717) is 0 Å². The molecule has 0 N–H and O–H groups in total. The third kappa shape index (κ3) is 3.47. The molecular weight excluding hydrogens is 573 g/mol. The van der Waals surface area contributed by atoms with Gasteiger partial charge in [-0.1, -0.05) is 98.8 Å². The molecule has 9 aromatic rings. The molecule has 4 heteroatoms. The van der Waals surface area contributed by atoms with Crippen molar-refractivity contribution >= 4 is 43.6 Å². The van der Waals surface area contributed by atoms with Crippen LogP contribution in [0.1, 0.15) is 25.0 Å². The van der Waals surface area contributed by atoms with Gasteiger partial charge in [-0.2, -0.15) is 0 Å². The average Bonchev–Trinajstić information content (AvgIpc) is 3.73. The standard InChI is InChI=1S/C43H30N4/c1-43(2)33-19-9-6-16-30(33)37-40(43)38-31-17-7-10-21-35(31)47(29-24-27(25-44-26-29)34-20-12-13-23-45-34)42(38)39-32-18-8-11-22-36(32)46(41(37)39)28-14-4-3-5-15-28/h3-26H,1-2H3. The maximum atomic E-state index is 4.79. The Hall–Kier alpha value is -6.00. The largest absolute Gasteiger partial charge is 0.309 e. The zero-order valence-electron chi connectivity index (χ0n) is 26.1. The van der Waals surface area contributed by atoms with Crippen LogP contribution >= 0.6 is 0 Å². The van der Waals surface area contributed by atoms with Crippen LogP contribution in [0.3, 0.4) is 0 Å². The van der Waals surface area contributed by atoms with Crippen LogP contribution in [0.25, 0.3) is 77.4 Å². The van der Waals surface area contributed by atoms with Gasteiger partial charge in [0.25, 0.3) is 0 Å². The minimum absolute atomic E-state index is 0.223. The van der Waals surface area contributed by atoms with E-state index < -0.39 is 0 Å². The van der Waals surface area contributed by atoms with Gasteiger partial charge in [0.2, 0.25) is 0 Å². The van der Waals surface area contributed by atoms with Crippen LogP contribution in [0.5, 0.6) is 0 Å². The van der Waals surface area contributed by atoms with E-state index in [9.17, 15) is 0 Å². The highest BCUT2D eigenvalue weighted by Crippen LogP contribution is 2.58. The van der Waals surface area contributed by atoms with Crippen molar-refractivity contribution in [3.05, 3.63) is 157 Å². The highest BCUT2D eigenvalue weighted by Gasteiger charge is 2.41. The molecule has 0 saturated heterocycles. The molecule has 0 radical (unpaired) electrons. The summed E-state index contributed by atoms with van der Waals surface area (Å²) in [5, 5.41) is 5.05. The fourth-order valence-corrected chi connectivity index (χ4v) is 8.29. The Kier molecular flexibility index (Phi) is 5.31. The number of pyridine rings is 2. The highest BCUT2D eigenvalue weighted by atomic mass is 15.0. The van der Waals surface area contributed by atoms with Crippen molar-refractivity contribution < 1.29 is 0 Å². The number of hydrogen-bond donors (Lipinski definition) is 0. The number of fused-ring (bicyclic) bond motifs is 12. The monoisotopic (exact) mass is 602 g/mol. The van der Waals surface area contributed by atoms with E-state index >= 15 is 0 Å². The summed E-state index contributed by atoms with van der Waals surface area (Å²) < 4.78 is 4.94. The Morgan fingerprint density at radius 1 is 0.574 bits per heavy atom. The van der Waals surface area contributed by atoms with Gasteiger partial charge >= 0.3 is 0 Å². The number of para-hydroxylation sites is 3. The Labute approximate surface area is 272 Å². The molecule has 4 aromatic heterocycles. The maximum absolute atomic E-state index is 4.79. The number of rotatable bonds is 3. The molecule has 10 rings (SSSR count). The third-order valence-corrected chi connectivity index (χ3v) is 10.2. The lowest BCUT2D eigenvalue weighted by Crippen LogP contribution is -2.15. The summed E-state index contributed by atoms with van der Waals surface area (Å²) >= 11 is 0. The van der Waals surface area contributed by atoms with E-state index in [0.717, 1.165) is 22.6 Å². The Morgan fingerprint density at radius 2 is 1.23 bits per heavy atom. The normalized spacial score (nSPS) is 13.5. The molecule has 0 aliphatic heterocycles. The average molecular weight is 603 g/mol. The van der Waals surface area contributed by atoms with Crippen molar-refractivity contribution in [2.75, 3.05) is 0 Å². The molecule has 0 amide bonds. The van der Waals surface area contributed by atoms with Gasteiger partial charge in [-0.3, -0.25) is 9.97 Å². The number of nitrogens with zero attached hydrogens (tertiary/aromatic N) is 4. The summed E-state index contributed by atoms with van der Waals surface area (Å²) in [6.45, 7) is 4.79. The molecule has 47 heavy (non-hydrogen) atoms. The van der Waals surface area contributed by atoms with E-state index in [1.807, 2.05) is 36.8 Å². The van der Waals surface area contributed by atoms with Crippen molar-refractivity contribution in [1.29, 1.82) is 0 Å². The molecule has 0 bridgehead atoms. The van der Waals surface area contributed by atoms with Crippen LogP contribution in [0, 0.1) is 0 Å². The molecule has 4 heterocycles. The first-order chi connectivity index (χ1) is 23.1. The van der Waals surface area contributed by atoms with E-state index in [4.69, 9.17) is 4.98 Å². The van der Waals surface area contributed by atoms with Crippen LogP contribution in [0.4, 0.5) is 0 Å². The minimum Gasteiger partial charge on any atom is -0.309 e. The van der Waals surface area contributed by atoms with Gasteiger partial charge in [-0.05, 0) is 59.2 Å². The second-order valence-electron chi connectivity index (χ2n) is 13.1. The maximum Gasteiger partial charge on any atom is 0.0718 e. The second kappa shape index (κ2) is 9.51. The molecule has 1 aliphatic carbocycles. The topological polar surface area (TPSA) is 35.6 Å². The van der Waals surface area contributed by atoms with Gasteiger partial charge in [0, 0.05) is 56.2 Å². The lowest BCUT2D eigenvalue weighted by atomic mass is 9.80. The molecule has 1 aliphatic rings. The molecule has 0 atom stereocenters. The lowest BCUT2D eigenvalue weighted by Gasteiger charge is -2.23. The smallest absolute Gasteiger partial charge is 0.0718 e. The summed E-state index contributed by atoms with van der Waals surface area (Å²) in [6.07, 6.45) is 5.75. The van der Waals surface area contributed by atoms with Crippen molar-refractivity contribution in [1.82, 2.24) is 19.1 Å². The van der Waals surface area contributed by atoms with Crippen LogP contribution in [-0.2, 0) is 5.41 Å². The second-order valence-corrected chi connectivity index (χ2v) is 13.1. The zero-order chi connectivity index (χ0) is 31.3. The summed E-state index contributed by atoms with van der Waals surface area (Å²) in [4.78, 5) is 9.45.